The van der Waals surface area contributed by atoms with E-state index < -0.39 is 11.8 Å². The van der Waals surface area contributed by atoms with Gasteiger partial charge in [-0.05, 0) is 25.1 Å². The number of amides is 2. The first-order chi connectivity index (χ1) is 14.5. The summed E-state index contributed by atoms with van der Waals surface area (Å²) in [5.74, 6) is 1.70. The van der Waals surface area contributed by atoms with E-state index in [4.69, 9.17) is 11.2 Å². The first-order valence-electron chi connectivity index (χ1n) is 9.14. The Balaban J connectivity index is 1.58. The molecule has 2 amide bonds. The van der Waals surface area contributed by atoms with Crippen molar-refractivity contribution in [1.82, 2.24) is 9.88 Å². The Morgan fingerprint density at radius 1 is 1.20 bits per heavy atom. The molecule has 0 saturated heterocycles. The maximum Gasteiger partial charge on any atom is 0.283 e. The third kappa shape index (κ3) is 4.83. The fourth-order valence-corrected chi connectivity index (χ4v) is 2.77. The van der Waals surface area contributed by atoms with Crippen molar-refractivity contribution in [3.63, 3.8) is 0 Å². The summed E-state index contributed by atoms with van der Waals surface area (Å²) in [4.78, 5) is 23.8. The minimum absolute atomic E-state index is 0.142. The van der Waals surface area contributed by atoms with E-state index in [-0.39, 0.29) is 31.3 Å². The summed E-state index contributed by atoms with van der Waals surface area (Å²) < 4.78 is 6.84. The topological polar surface area (TPSA) is 105 Å². The molecular weight excluding hydrogens is 384 g/mol. The van der Waals surface area contributed by atoms with Crippen LogP contribution in [0, 0.1) is 19.3 Å². The highest BCUT2D eigenvalue weighted by atomic mass is 16.5. The quantitative estimate of drug-likeness (QED) is 0.466. The van der Waals surface area contributed by atoms with Gasteiger partial charge in [0, 0.05) is 5.39 Å². The van der Waals surface area contributed by atoms with Crippen LogP contribution >= 0.6 is 0 Å². The van der Waals surface area contributed by atoms with E-state index in [1.807, 2.05) is 19.1 Å². The third-order valence-electron chi connectivity index (χ3n) is 4.26. The molecule has 3 aromatic rings. The van der Waals surface area contributed by atoms with Crippen LogP contribution in [0.1, 0.15) is 5.56 Å². The number of para-hydroxylation sites is 1. The van der Waals surface area contributed by atoms with Crippen LogP contribution in [-0.4, -0.2) is 34.6 Å². The molecule has 30 heavy (non-hydrogen) atoms. The zero-order valence-corrected chi connectivity index (χ0v) is 16.3. The van der Waals surface area contributed by atoms with Gasteiger partial charge in [-0.3, -0.25) is 14.2 Å². The van der Waals surface area contributed by atoms with Gasteiger partial charge in [0.15, 0.2) is 12.3 Å². The van der Waals surface area contributed by atoms with Crippen LogP contribution in [0.2, 0.25) is 0 Å². The Labute approximate surface area is 173 Å². The molecule has 0 spiro atoms. The summed E-state index contributed by atoms with van der Waals surface area (Å²) >= 11 is 0. The standard InChI is InChI=1S/C22H20N4O4/c1-3-12-26-18-7-5-4-6-17(18)21(22(26)29)25-24-19(27)13-23-20(28)14-30-16-10-8-15(2)9-11-16/h1,4-11,29H,12-14H2,2H3,(H,23,28). The molecule has 0 atom stereocenters. The van der Waals surface area contributed by atoms with E-state index in [1.165, 1.54) is 4.57 Å². The molecule has 0 saturated carbocycles. The summed E-state index contributed by atoms with van der Waals surface area (Å²) in [6, 6.07) is 14.3. The number of carbonyl (C=O) groups is 2. The van der Waals surface area contributed by atoms with Gasteiger partial charge in [0.25, 0.3) is 11.8 Å². The molecule has 2 aromatic carbocycles. The molecular formula is C22H20N4O4. The SMILES string of the molecule is C#CCn1c(O)c(N=NC(=O)CNC(=O)COc2ccc(C)cc2)c2ccccc21. The maximum absolute atomic E-state index is 12.0. The number of aryl methyl sites for hydroxylation is 1. The fraction of sp³-hybridized carbons (Fsp3) is 0.182. The number of fused-ring (bicyclic) bond motifs is 1. The zero-order valence-electron chi connectivity index (χ0n) is 16.3. The Kier molecular flexibility index (Phi) is 6.45. The minimum atomic E-state index is -0.674. The van der Waals surface area contributed by atoms with Gasteiger partial charge < -0.3 is 15.2 Å². The molecule has 0 radical (unpaired) electrons. The van der Waals surface area contributed by atoms with Gasteiger partial charge >= 0.3 is 0 Å². The lowest BCUT2D eigenvalue weighted by molar-refractivity contribution is -0.126. The highest BCUT2D eigenvalue weighted by Crippen LogP contribution is 2.38. The maximum atomic E-state index is 12.0. The number of terminal acetylenes is 1. The zero-order chi connectivity index (χ0) is 21.5. The van der Waals surface area contributed by atoms with Crippen molar-refractivity contribution in [1.29, 1.82) is 0 Å². The van der Waals surface area contributed by atoms with Crippen LogP contribution in [0.5, 0.6) is 11.6 Å². The Hall–Kier alpha value is -4.12. The predicted octanol–water partition coefficient (Wildman–Crippen LogP) is 3.09. The number of benzene rings is 2. The molecule has 8 nitrogen and oxygen atoms in total. The number of hydrogen-bond donors (Lipinski definition) is 2. The van der Waals surface area contributed by atoms with Crippen LogP contribution < -0.4 is 10.1 Å². The molecule has 1 aromatic heterocycles. The summed E-state index contributed by atoms with van der Waals surface area (Å²) in [6.45, 7) is 1.52. The lowest BCUT2D eigenvalue weighted by Crippen LogP contribution is -2.32. The molecule has 0 fully saturated rings. The smallest absolute Gasteiger partial charge is 0.283 e. The molecule has 3 rings (SSSR count). The van der Waals surface area contributed by atoms with Crippen LogP contribution in [0.15, 0.2) is 58.8 Å². The van der Waals surface area contributed by atoms with Crippen molar-refractivity contribution >= 4 is 28.4 Å². The summed E-state index contributed by atoms with van der Waals surface area (Å²) in [5, 5.41) is 20.9. The monoisotopic (exact) mass is 404 g/mol. The molecule has 8 heteroatoms. The average Bonchev–Trinajstić information content (AvgIpc) is 3.02. The predicted molar refractivity (Wildman–Crippen MR) is 112 cm³/mol. The number of nitrogens with zero attached hydrogens (tertiary/aromatic N) is 3. The number of aromatic hydroxyl groups is 1. The second-order valence-corrected chi connectivity index (χ2v) is 6.45. The van der Waals surface area contributed by atoms with Gasteiger partial charge in [-0.2, -0.15) is 0 Å². The second kappa shape index (κ2) is 9.39. The molecule has 1 heterocycles. The van der Waals surface area contributed by atoms with Crippen LogP contribution in [-0.2, 0) is 16.1 Å². The van der Waals surface area contributed by atoms with E-state index in [2.05, 4.69) is 21.5 Å². The molecule has 0 aliphatic rings. The summed E-state index contributed by atoms with van der Waals surface area (Å²) in [5.41, 5.74) is 1.90. The van der Waals surface area contributed by atoms with Gasteiger partial charge in [0.05, 0.1) is 12.1 Å². The van der Waals surface area contributed by atoms with Gasteiger partial charge in [-0.15, -0.1) is 16.7 Å². The molecule has 0 unspecified atom stereocenters. The highest BCUT2D eigenvalue weighted by molar-refractivity contribution is 5.95. The number of hydrogen-bond acceptors (Lipinski definition) is 5. The van der Waals surface area contributed by atoms with Crippen molar-refractivity contribution in [2.45, 2.75) is 13.5 Å². The number of rotatable bonds is 7. The average molecular weight is 404 g/mol. The number of azo groups is 1. The Morgan fingerprint density at radius 3 is 2.67 bits per heavy atom. The van der Waals surface area contributed by atoms with E-state index in [0.29, 0.717) is 16.7 Å². The van der Waals surface area contributed by atoms with E-state index in [9.17, 15) is 14.7 Å². The van der Waals surface area contributed by atoms with Crippen LogP contribution in [0.25, 0.3) is 10.9 Å². The van der Waals surface area contributed by atoms with Crippen molar-refractivity contribution in [3.05, 3.63) is 54.1 Å². The number of nitrogens with one attached hydrogen (secondary N) is 1. The van der Waals surface area contributed by atoms with Gasteiger partial charge in [-0.25, -0.2) is 0 Å². The number of aromatic nitrogens is 1. The van der Waals surface area contributed by atoms with Crippen molar-refractivity contribution in [2.24, 2.45) is 10.2 Å². The first kappa shape index (κ1) is 20.6. The molecule has 2 N–H and O–H groups in total. The highest BCUT2D eigenvalue weighted by Gasteiger charge is 2.16. The number of carbonyl (C=O) groups excluding carboxylic acids is 2. The lowest BCUT2D eigenvalue weighted by Gasteiger charge is -2.06. The van der Waals surface area contributed by atoms with Crippen molar-refractivity contribution in [3.8, 4) is 24.0 Å². The minimum Gasteiger partial charge on any atom is -0.493 e. The van der Waals surface area contributed by atoms with Crippen LogP contribution in [0.4, 0.5) is 5.69 Å². The largest absolute Gasteiger partial charge is 0.493 e. The molecule has 0 bridgehead atoms. The van der Waals surface area contributed by atoms with Crippen molar-refractivity contribution < 1.29 is 19.4 Å². The third-order valence-corrected chi connectivity index (χ3v) is 4.26. The molecule has 152 valence electrons. The Morgan fingerprint density at radius 2 is 1.93 bits per heavy atom. The van der Waals surface area contributed by atoms with Gasteiger partial charge in [-0.1, -0.05) is 41.8 Å². The normalized spacial score (nSPS) is 10.8. The van der Waals surface area contributed by atoms with Crippen LogP contribution in [0.3, 0.4) is 0 Å². The van der Waals surface area contributed by atoms with Gasteiger partial charge in [0.2, 0.25) is 5.88 Å². The van der Waals surface area contributed by atoms with E-state index >= 15 is 0 Å². The van der Waals surface area contributed by atoms with Crippen molar-refractivity contribution in [2.75, 3.05) is 13.2 Å². The Bertz CT molecular complexity index is 1140. The van der Waals surface area contributed by atoms with E-state index in [0.717, 1.165) is 5.56 Å². The summed E-state index contributed by atoms with van der Waals surface area (Å²) in [7, 11) is 0. The molecule has 0 aliphatic heterocycles. The summed E-state index contributed by atoms with van der Waals surface area (Å²) in [6.07, 6.45) is 5.35. The first-order valence-corrected chi connectivity index (χ1v) is 9.14. The lowest BCUT2D eigenvalue weighted by atomic mass is 10.2. The molecule has 0 aliphatic carbocycles. The van der Waals surface area contributed by atoms with E-state index in [1.54, 1.807) is 36.4 Å². The van der Waals surface area contributed by atoms with Gasteiger partial charge in [0.1, 0.15) is 12.3 Å². The second-order valence-electron chi connectivity index (χ2n) is 6.45. The fourth-order valence-electron chi connectivity index (χ4n) is 2.77. The number of ether oxygens (including phenoxy) is 1.